The molecule has 0 aliphatic rings. The fourth-order valence-electron chi connectivity index (χ4n) is 1.63. The summed E-state index contributed by atoms with van der Waals surface area (Å²) in [6, 6.07) is 8.66. The zero-order chi connectivity index (χ0) is 14.8. The largest absolute Gasteiger partial charge is 0.481 e. The second-order valence-electron chi connectivity index (χ2n) is 4.47. The molecule has 0 radical (unpaired) electrons. The number of ether oxygens (including phenoxy) is 1. The third kappa shape index (κ3) is 5.72. The molecule has 1 aromatic rings. The van der Waals surface area contributed by atoms with Gasteiger partial charge in [0.05, 0.1) is 11.6 Å². The molecule has 0 aliphatic heterocycles. The average Bonchev–Trinajstić information content (AvgIpc) is 2.47. The molecule has 1 rings (SSSR count). The van der Waals surface area contributed by atoms with E-state index in [4.69, 9.17) is 15.1 Å². The van der Waals surface area contributed by atoms with E-state index >= 15 is 0 Å². The van der Waals surface area contributed by atoms with Crippen molar-refractivity contribution in [3.05, 3.63) is 29.8 Å². The maximum Gasteiger partial charge on any atom is 0.260 e. The second kappa shape index (κ2) is 8.94. The van der Waals surface area contributed by atoms with Crippen LogP contribution in [0.15, 0.2) is 24.3 Å². The minimum atomic E-state index is -0.583. The molecule has 108 valence electrons. The summed E-state index contributed by atoms with van der Waals surface area (Å²) in [5, 5.41) is 20.1. The predicted octanol–water partition coefficient (Wildman–Crippen LogP) is 1.60. The summed E-state index contributed by atoms with van der Waals surface area (Å²) < 4.78 is 5.49. The molecule has 0 fully saturated rings. The van der Waals surface area contributed by atoms with Crippen LogP contribution in [0.2, 0.25) is 0 Å². The van der Waals surface area contributed by atoms with E-state index in [0.717, 1.165) is 19.3 Å². The van der Waals surface area contributed by atoms with Gasteiger partial charge in [-0.05, 0) is 50.5 Å². The predicted molar refractivity (Wildman–Crippen MR) is 75.2 cm³/mol. The van der Waals surface area contributed by atoms with E-state index < -0.39 is 6.10 Å². The summed E-state index contributed by atoms with van der Waals surface area (Å²) in [6.07, 6.45) is 1.91. The van der Waals surface area contributed by atoms with Gasteiger partial charge in [-0.1, -0.05) is 0 Å². The number of nitrogens with one attached hydrogen (secondary N) is 1. The highest BCUT2D eigenvalue weighted by Gasteiger charge is 2.13. The Morgan fingerprint density at radius 3 is 2.65 bits per heavy atom. The van der Waals surface area contributed by atoms with Gasteiger partial charge < -0.3 is 15.2 Å². The number of carbonyl (C=O) groups is 1. The molecule has 5 heteroatoms. The quantitative estimate of drug-likeness (QED) is 0.707. The van der Waals surface area contributed by atoms with E-state index in [1.807, 2.05) is 6.07 Å². The highest BCUT2D eigenvalue weighted by atomic mass is 16.5. The number of aliphatic hydroxyl groups excluding tert-OH is 1. The zero-order valence-corrected chi connectivity index (χ0v) is 11.6. The van der Waals surface area contributed by atoms with E-state index in [1.54, 1.807) is 31.2 Å². The van der Waals surface area contributed by atoms with E-state index in [0.29, 0.717) is 17.9 Å². The number of nitriles is 1. The number of carbonyl (C=O) groups excluding carboxylic acids is 1. The summed E-state index contributed by atoms with van der Waals surface area (Å²) in [4.78, 5) is 11.8. The first kappa shape index (κ1) is 16.0. The summed E-state index contributed by atoms with van der Waals surface area (Å²) in [5.41, 5.74) is 0.554. The van der Waals surface area contributed by atoms with Crippen LogP contribution in [0.25, 0.3) is 0 Å². The average molecular weight is 276 g/mol. The third-order valence-electron chi connectivity index (χ3n) is 2.80. The van der Waals surface area contributed by atoms with Crippen LogP contribution < -0.4 is 10.1 Å². The van der Waals surface area contributed by atoms with Crippen LogP contribution in [0, 0.1) is 11.3 Å². The Labute approximate surface area is 119 Å². The molecule has 20 heavy (non-hydrogen) atoms. The van der Waals surface area contributed by atoms with Gasteiger partial charge in [0.1, 0.15) is 5.75 Å². The number of amides is 1. The Balaban J connectivity index is 2.31. The van der Waals surface area contributed by atoms with Gasteiger partial charge in [0, 0.05) is 13.2 Å². The number of benzene rings is 1. The fraction of sp³-hybridized carbons (Fsp3) is 0.467. The van der Waals surface area contributed by atoms with Crippen LogP contribution in [0.5, 0.6) is 5.75 Å². The van der Waals surface area contributed by atoms with Gasteiger partial charge in [0.15, 0.2) is 6.10 Å². The van der Waals surface area contributed by atoms with Crippen molar-refractivity contribution in [1.29, 1.82) is 5.26 Å². The van der Waals surface area contributed by atoms with Gasteiger partial charge >= 0.3 is 0 Å². The van der Waals surface area contributed by atoms with Crippen molar-refractivity contribution < 1.29 is 14.6 Å². The lowest BCUT2D eigenvalue weighted by Crippen LogP contribution is -2.36. The van der Waals surface area contributed by atoms with Gasteiger partial charge in [-0.3, -0.25) is 4.79 Å². The molecule has 0 heterocycles. The lowest BCUT2D eigenvalue weighted by Gasteiger charge is -2.14. The van der Waals surface area contributed by atoms with Crippen LogP contribution in [0.4, 0.5) is 0 Å². The van der Waals surface area contributed by atoms with Crippen LogP contribution >= 0.6 is 0 Å². The third-order valence-corrected chi connectivity index (χ3v) is 2.80. The highest BCUT2D eigenvalue weighted by molar-refractivity contribution is 5.80. The molecular formula is C15H20N2O3. The topological polar surface area (TPSA) is 82.3 Å². The minimum absolute atomic E-state index is 0.168. The van der Waals surface area contributed by atoms with Crippen LogP contribution in [-0.2, 0) is 4.79 Å². The van der Waals surface area contributed by atoms with Crippen molar-refractivity contribution in [3.8, 4) is 11.8 Å². The molecule has 0 spiro atoms. The van der Waals surface area contributed by atoms with Gasteiger partial charge in [-0.2, -0.15) is 5.26 Å². The first-order valence-corrected chi connectivity index (χ1v) is 6.72. The van der Waals surface area contributed by atoms with Gasteiger partial charge in [-0.25, -0.2) is 0 Å². The van der Waals surface area contributed by atoms with Crippen LogP contribution in [0.3, 0.4) is 0 Å². The molecule has 0 saturated carbocycles. The van der Waals surface area contributed by atoms with Gasteiger partial charge in [-0.15, -0.1) is 0 Å². The summed E-state index contributed by atoms with van der Waals surface area (Å²) in [7, 11) is 0. The maximum absolute atomic E-state index is 11.8. The molecule has 0 aliphatic carbocycles. The molecule has 0 bridgehead atoms. The summed E-state index contributed by atoms with van der Waals surface area (Å²) >= 11 is 0. The number of aliphatic hydroxyl groups is 1. The van der Waals surface area contributed by atoms with Crippen molar-refractivity contribution in [2.45, 2.75) is 32.3 Å². The first-order valence-electron chi connectivity index (χ1n) is 6.72. The monoisotopic (exact) mass is 276 g/mol. The lowest BCUT2D eigenvalue weighted by molar-refractivity contribution is -0.127. The maximum atomic E-state index is 11.8. The number of hydrogen-bond donors (Lipinski definition) is 2. The normalized spacial score (nSPS) is 11.4. The van der Waals surface area contributed by atoms with Gasteiger partial charge in [0.25, 0.3) is 5.91 Å². The Kier molecular flexibility index (Phi) is 7.15. The molecule has 0 aromatic heterocycles. The number of unbranched alkanes of at least 4 members (excludes halogenated alkanes) is 2. The van der Waals surface area contributed by atoms with Crippen molar-refractivity contribution in [2.75, 3.05) is 13.2 Å². The summed E-state index contributed by atoms with van der Waals surface area (Å²) in [5.74, 6) is 0.394. The second-order valence-corrected chi connectivity index (χ2v) is 4.47. The fourth-order valence-corrected chi connectivity index (χ4v) is 1.63. The van der Waals surface area contributed by atoms with Crippen molar-refractivity contribution in [3.63, 3.8) is 0 Å². The molecule has 1 amide bonds. The molecule has 0 saturated heterocycles. The Morgan fingerprint density at radius 2 is 2.05 bits per heavy atom. The van der Waals surface area contributed by atoms with Crippen molar-refractivity contribution in [1.82, 2.24) is 5.32 Å². The SMILES string of the molecule is CC(Oc1ccc(C#N)cc1)C(=O)NCCCCCO. The van der Waals surface area contributed by atoms with E-state index in [1.165, 1.54) is 0 Å². The van der Waals surface area contributed by atoms with Crippen LogP contribution in [-0.4, -0.2) is 30.3 Å². The van der Waals surface area contributed by atoms with Crippen molar-refractivity contribution >= 4 is 5.91 Å². The van der Waals surface area contributed by atoms with Crippen LogP contribution in [0.1, 0.15) is 31.7 Å². The standard InChI is InChI=1S/C15H20N2O3/c1-12(15(19)17-9-3-2-4-10-18)20-14-7-5-13(11-16)6-8-14/h5-8,12,18H,2-4,9-10H2,1H3,(H,17,19). The van der Waals surface area contributed by atoms with E-state index in [9.17, 15) is 4.79 Å². The number of hydrogen-bond acceptors (Lipinski definition) is 4. The molecule has 1 aromatic carbocycles. The number of nitrogens with zero attached hydrogens (tertiary/aromatic N) is 1. The van der Waals surface area contributed by atoms with E-state index in [-0.39, 0.29) is 12.5 Å². The smallest absolute Gasteiger partial charge is 0.260 e. The molecule has 1 atom stereocenters. The minimum Gasteiger partial charge on any atom is -0.481 e. The molecule has 5 nitrogen and oxygen atoms in total. The van der Waals surface area contributed by atoms with Gasteiger partial charge in [0.2, 0.25) is 0 Å². The highest BCUT2D eigenvalue weighted by Crippen LogP contribution is 2.13. The Hall–Kier alpha value is -2.06. The Bertz CT molecular complexity index is 451. The molecule has 2 N–H and O–H groups in total. The van der Waals surface area contributed by atoms with Crippen molar-refractivity contribution in [2.24, 2.45) is 0 Å². The molecule has 1 unspecified atom stereocenters. The Morgan fingerprint density at radius 1 is 1.35 bits per heavy atom. The first-order chi connectivity index (χ1) is 9.67. The zero-order valence-electron chi connectivity index (χ0n) is 11.6. The summed E-state index contributed by atoms with van der Waals surface area (Å²) in [6.45, 7) is 2.45. The lowest BCUT2D eigenvalue weighted by atomic mass is 10.2. The van der Waals surface area contributed by atoms with E-state index in [2.05, 4.69) is 5.32 Å². The molecular weight excluding hydrogens is 256 g/mol. The number of rotatable bonds is 8.